The SMILES string of the molecule is Cc1cc(Br)c(N2CCC(c3nncn3C)CC2)c(C#N)c1. The maximum atomic E-state index is 9.42. The van der Waals surface area contributed by atoms with E-state index in [1.807, 2.05) is 24.6 Å². The van der Waals surface area contributed by atoms with Crippen molar-refractivity contribution in [3.05, 3.63) is 39.9 Å². The van der Waals surface area contributed by atoms with Crippen LogP contribution < -0.4 is 4.90 Å². The molecule has 0 spiro atoms. The predicted molar refractivity (Wildman–Crippen MR) is 88.8 cm³/mol. The van der Waals surface area contributed by atoms with Crippen LogP contribution >= 0.6 is 15.9 Å². The fraction of sp³-hybridized carbons (Fsp3) is 0.438. The highest BCUT2D eigenvalue weighted by Gasteiger charge is 2.26. The number of hydrogen-bond donors (Lipinski definition) is 0. The van der Waals surface area contributed by atoms with Crippen molar-refractivity contribution in [1.29, 1.82) is 5.26 Å². The number of nitriles is 1. The van der Waals surface area contributed by atoms with E-state index in [4.69, 9.17) is 0 Å². The van der Waals surface area contributed by atoms with Crippen molar-refractivity contribution >= 4 is 21.6 Å². The maximum absolute atomic E-state index is 9.42. The molecule has 2 heterocycles. The molecular weight excluding hydrogens is 342 g/mol. The van der Waals surface area contributed by atoms with E-state index in [0.717, 1.165) is 53.0 Å². The van der Waals surface area contributed by atoms with Crippen LogP contribution in [0.15, 0.2) is 22.9 Å². The molecule has 1 saturated heterocycles. The molecule has 0 N–H and O–H groups in total. The second-order valence-electron chi connectivity index (χ2n) is 5.82. The molecule has 1 aliphatic rings. The molecule has 0 aliphatic carbocycles. The van der Waals surface area contributed by atoms with Crippen LogP contribution in [0.3, 0.4) is 0 Å². The topological polar surface area (TPSA) is 57.7 Å². The molecule has 1 aliphatic heterocycles. The maximum Gasteiger partial charge on any atom is 0.135 e. The second-order valence-corrected chi connectivity index (χ2v) is 6.67. The van der Waals surface area contributed by atoms with Gasteiger partial charge in [0.15, 0.2) is 0 Å². The summed E-state index contributed by atoms with van der Waals surface area (Å²) in [5, 5.41) is 17.6. The van der Waals surface area contributed by atoms with E-state index in [9.17, 15) is 5.26 Å². The molecule has 0 unspecified atom stereocenters. The quantitative estimate of drug-likeness (QED) is 0.826. The van der Waals surface area contributed by atoms with Crippen LogP contribution in [0.1, 0.15) is 35.7 Å². The van der Waals surface area contributed by atoms with Gasteiger partial charge in [0.05, 0.1) is 11.3 Å². The first-order valence-electron chi connectivity index (χ1n) is 7.39. The third-order valence-corrected chi connectivity index (χ3v) is 4.86. The lowest BCUT2D eigenvalue weighted by molar-refractivity contribution is 0.474. The van der Waals surface area contributed by atoms with Gasteiger partial charge in [-0.3, -0.25) is 0 Å². The van der Waals surface area contributed by atoms with Crippen molar-refractivity contribution in [3.8, 4) is 6.07 Å². The lowest BCUT2D eigenvalue weighted by Gasteiger charge is -2.34. The summed E-state index contributed by atoms with van der Waals surface area (Å²) in [7, 11) is 1.99. The number of anilines is 1. The third kappa shape index (κ3) is 2.73. The van der Waals surface area contributed by atoms with Crippen molar-refractivity contribution in [2.75, 3.05) is 18.0 Å². The molecule has 1 fully saturated rings. The van der Waals surface area contributed by atoms with Crippen LogP contribution in [0.2, 0.25) is 0 Å². The normalized spacial score (nSPS) is 15.8. The Morgan fingerprint density at radius 3 is 2.64 bits per heavy atom. The Morgan fingerprint density at radius 1 is 1.32 bits per heavy atom. The minimum Gasteiger partial charge on any atom is -0.370 e. The minimum absolute atomic E-state index is 0.443. The van der Waals surface area contributed by atoms with Gasteiger partial charge in [-0.2, -0.15) is 5.26 Å². The highest BCUT2D eigenvalue weighted by molar-refractivity contribution is 9.10. The molecular formula is C16H18BrN5. The van der Waals surface area contributed by atoms with Gasteiger partial charge in [0.25, 0.3) is 0 Å². The third-order valence-electron chi connectivity index (χ3n) is 4.25. The van der Waals surface area contributed by atoms with E-state index >= 15 is 0 Å². The molecule has 22 heavy (non-hydrogen) atoms. The Kier molecular flexibility index (Phi) is 4.16. The Balaban J connectivity index is 1.80. The fourth-order valence-electron chi connectivity index (χ4n) is 3.16. The summed E-state index contributed by atoms with van der Waals surface area (Å²) in [5.41, 5.74) is 2.86. The van der Waals surface area contributed by atoms with Gasteiger partial charge in [0, 0.05) is 30.5 Å². The number of aryl methyl sites for hydroxylation is 2. The summed E-state index contributed by atoms with van der Waals surface area (Å²) in [6.07, 6.45) is 3.81. The summed E-state index contributed by atoms with van der Waals surface area (Å²) in [5.74, 6) is 1.50. The molecule has 1 aromatic heterocycles. The number of aromatic nitrogens is 3. The van der Waals surface area contributed by atoms with Crippen molar-refractivity contribution in [2.24, 2.45) is 7.05 Å². The Hall–Kier alpha value is -1.87. The second kappa shape index (κ2) is 6.09. The van der Waals surface area contributed by atoms with Crippen LogP contribution in [0.25, 0.3) is 0 Å². The molecule has 114 valence electrons. The average Bonchev–Trinajstić information content (AvgIpc) is 2.93. The zero-order valence-electron chi connectivity index (χ0n) is 12.8. The van der Waals surface area contributed by atoms with Gasteiger partial charge in [0.2, 0.25) is 0 Å². The van der Waals surface area contributed by atoms with Gasteiger partial charge in [-0.1, -0.05) is 0 Å². The number of nitrogens with zero attached hydrogens (tertiary/aromatic N) is 5. The lowest BCUT2D eigenvalue weighted by atomic mass is 9.95. The highest BCUT2D eigenvalue weighted by atomic mass is 79.9. The standard InChI is InChI=1S/C16H18BrN5/c1-11-7-13(9-18)15(14(17)8-11)22-5-3-12(4-6-22)16-20-19-10-21(16)2/h7-8,10,12H,3-6H2,1-2H3. The summed E-state index contributed by atoms with van der Waals surface area (Å²) in [4.78, 5) is 2.30. The Bertz CT molecular complexity index is 723. The minimum atomic E-state index is 0.443. The van der Waals surface area contributed by atoms with E-state index in [0.29, 0.717) is 5.92 Å². The van der Waals surface area contributed by atoms with E-state index in [2.05, 4.69) is 43.2 Å². The van der Waals surface area contributed by atoms with Gasteiger partial charge in [0.1, 0.15) is 18.2 Å². The molecule has 2 aromatic rings. The molecule has 0 radical (unpaired) electrons. The van der Waals surface area contributed by atoms with E-state index in [1.165, 1.54) is 0 Å². The van der Waals surface area contributed by atoms with Crippen molar-refractivity contribution in [2.45, 2.75) is 25.7 Å². The smallest absolute Gasteiger partial charge is 0.135 e. The van der Waals surface area contributed by atoms with E-state index < -0.39 is 0 Å². The number of halogens is 1. The van der Waals surface area contributed by atoms with Crippen LogP contribution in [-0.2, 0) is 7.05 Å². The number of piperidine rings is 1. The van der Waals surface area contributed by atoms with Crippen molar-refractivity contribution < 1.29 is 0 Å². The van der Waals surface area contributed by atoms with Crippen LogP contribution in [0.5, 0.6) is 0 Å². The molecule has 1 aromatic carbocycles. The van der Waals surface area contributed by atoms with Gasteiger partial charge >= 0.3 is 0 Å². The summed E-state index contributed by atoms with van der Waals surface area (Å²) in [6, 6.07) is 6.35. The van der Waals surface area contributed by atoms with E-state index in [1.54, 1.807) is 6.33 Å². The average molecular weight is 360 g/mol. The predicted octanol–water partition coefficient (Wildman–Crippen LogP) is 3.14. The largest absolute Gasteiger partial charge is 0.370 e. The molecule has 0 saturated carbocycles. The monoisotopic (exact) mass is 359 g/mol. The van der Waals surface area contributed by atoms with Crippen LogP contribution in [0, 0.1) is 18.3 Å². The van der Waals surface area contributed by atoms with Gasteiger partial charge < -0.3 is 9.47 Å². The zero-order valence-corrected chi connectivity index (χ0v) is 14.3. The van der Waals surface area contributed by atoms with Crippen molar-refractivity contribution in [1.82, 2.24) is 14.8 Å². The first-order chi connectivity index (χ1) is 10.6. The fourth-order valence-corrected chi connectivity index (χ4v) is 3.99. The van der Waals surface area contributed by atoms with Gasteiger partial charge in [-0.25, -0.2) is 0 Å². The zero-order chi connectivity index (χ0) is 15.7. The molecule has 3 rings (SSSR count). The number of rotatable bonds is 2. The number of hydrogen-bond acceptors (Lipinski definition) is 4. The molecule has 0 bridgehead atoms. The van der Waals surface area contributed by atoms with Crippen LogP contribution in [0.4, 0.5) is 5.69 Å². The summed E-state index contributed by atoms with van der Waals surface area (Å²) >= 11 is 3.62. The Labute approximate surface area is 138 Å². The molecule has 6 heteroatoms. The van der Waals surface area contributed by atoms with Crippen LogP contribution in [-0.4, -0.2) is 27.9 Å². The lowest BCUT2D eigenvalue weighted by Crippen LogP contribution is -2.34. The van der Waals surface area contributed by atoms with E-state index in [-0.39, 0.29) is 0 Å². The first-order valence-corrected chi connectivity index (χ1v) is 8.18. The summed E-state index contributed by atoms with van der Waals surface area (Å²) in [6.45, 7) is 3.86. The summed E-state index contributed by atoms with van der Waals surface area (Å²) < 4.78 is 3.00. The molecule has 0 atom stereocenters. The van der Waals surface area contributed by atoms with Gasteiger partial charge in [-0.15, -0.1) is 10.2 Å². The molecule has 0 amide bonds. The first kappa shape index (κ1) is 15.0. The van der Waals surface area contributed by atoms with Gasteiger partial charge in [-0.05, 0) is 53.4 Å². The van der Waals surface area contributed by atoms with Crippen molar-refractivity contribution in [3.63, 3.8) is 0 Å². The highest BCUT2D eigenvalue weighted by Crippen LogP contribution is 2.35. The molecule has 5 nitrogen and oxygen atoms in total. The number of benzene rings is 1. The Morgan fingerprint density at radius 2 is 2.05 bits per heavy atom.